The SMILES string of the molecule is COc1cccc(C(O)CCc2ccccn2)c1. The maximum absolute atomic E-state index is 10.1. The topological polar surface area (TPSA) is 42.4 Å². The predicted molar refractivity (Wildman–Crippen MR) is 70.5 cm³/mol. The Balaban J connectivity index is 1.97. The second-order valence-corrected chi connectivity index (χ2v) is 4.15. The van der Waals surface area contributed by atoms with Crippen LogP contribution in [-0.2, 0) is 6.42 Å². The van der Waals surface area contributed by atoms with Gasteiger partial charge in [0.25, 0.3) is 0 Å². The Labute approximate surface area is 107 Å². The second kappa shape index (κ2) is 6.17. The summed E-state index contributed by atoms with van der Waals surface area (Å²) in [6, 6.07) is 13.3. The van der Waals surface area contributed by atoms with Gasteiger partial charge in [0.15, 0.2) is 0 Å². The third kappa shape index (κ3) is 3.31. The molecule has 0 fully saturated rings. The first-order valence-electron chi connectivity index (χ1n) is 6.01. The highest BCUT2D eigenvalue weighted by molar-refractivity contribution is 5.29. The van der Waals surface area contributed by atoms with Gasteiger partial charge in [0.05, 0.1) is 13.2 Å². The summed E-state index contributed by atoms with van der Waals surface area (Å²) in [6.45, 7) is 0. The maximum Gasteiger partial charge on any atom is 0.119 e. The molecule has 0 aliphatic heterocycles. The predicted octanol–water partition coefficient (Wildman–Crippen LogP) is 2.76. The van der Waals surface area contributed by atoms with E-state index in [0.29, 0.717) is 6.42 Å². The average molecular weight is 243 g/mol. The van der Waals surface area contributed by atoms with Crippen molar-refractivity contribution in [2.24, 2.45) is 0 Å². The summed E-state index contributed by atoms with van der Waals surface area (Å²) in [5, 5.41) is 10.1. The van der Waals surface area contributed by atoms with Gasteiger partial charge in [-0.1, -0.05) is 18.2 Å². The third-order valence-corrected chi connectivity index (χ3v) is 2.88. The van der Waals surface area contributed by atoms with Crippen molar-refractivity contribution >= 4 is 0 Å². The van der Waals surface area contributed by atoms with E-state index in [1.54, 1.807) is 13.3 Å². The van der Waals surface area contributed by atoms with Crippen LogP contribution in [-0.4, -0.2) is 17.2 Å². The molecule has 1 N–H and O–H groups in total. The molecule has 0 spiro atoms. The molecule has 1 heterocycles. The molecular weight excluding hydrogens is 226 g/mol. The molecule has 0 amide bonds. The summed E-state index contributed by atoms with van der Waals surface area (Å²) in [5.74, 6) is 0.768. The van der Waals surface area contributed by atoms with Crippen molar-refractivity contribution in [1.82, 2.24) is 4.98 Å². The van der Waals surface area contributed by atoms with Gasteiger partial charge < -0.3 is 9.84 Å². The smallest absolute Gasteiger partial charge is 0.119 e. The first-order valence-corrected chi connectivity index (χ1v) is 6.01. The number of hydrogen-bond acceptors (Lipinski definition) is 3. The van der Waals surface area contributed by atoms with E-state index in [1.165, 1.54) is 0 Å². The lowest BCUT2D eigenvalue weighted by molar-refractivity contribution is 0.167. The van der Waals surface area contributed by atoms with Crippen molar-refractivity contribution in [3.05, 3.63) is 59.9 Å². The summed E-state index contributed by atoms with van der Waals surface area (Å²) in [7, 11) is 1.62. The van der Waals surface area contributed by atoms with E-state index in [2.05, 4.69) is 4.98 Å². The third-order valence-electron chi connectivity index (χ3n) is 2.88. The van der Waals surface area contributed by atoms with Gasteiger partial charge in [-0.25, -0.2) is 0 Å². The highest BCUT2D eigenvalue weighted by Gasteiger charge is 2.08. The zero-order valence-corrected chi connectivity index (χ0v) is 10.4. The van der Waals surface area contributed by atoms with Gasteiger partial charge in [0.2, 0.25) is 0 Å². The molecule has 0 bridgehead atoms. The van der Waals surface area contributed by atoms with Crippen LogP contribution in [0, 0.1) is 0 Å². The van der Waals surface area contributed by atoms with Crippen LogP contribution in [0.25, 0.3) is 0 Å². The van der Waals surface area contributed by atoms with Crippen molar-refractivity contribution in [2.75, 3.05) is 7.11 Å². The number of aryl methyl sites for hydroxylation is 1. The molecule has 1 atom stereocenters. The molecule has 0 aliphatic carbocycles. The Kier molecular flexibility index (Phi) is 4.31. The normalized spacial score (nSPS) is 12.1. The zero-order valence-electron chi connectivity index (χ0n) is 10.4. The van der Waals surface area contributed by atoms with E-state index in [-0.39, 0.29) is 0 Å². The molecule has 0 saturated carbocycles. The quantitative estimate of drug-likeness (QED) is 0.878. The Hall–Kier alpha value is -1.87. The van der Waals surface area contributed by atoms with Crippen LogP contribution in [0.15, 0.2) is 48.7 Å². The van der Waals surface area contributed by atoms with Crippen LogP contribution >= 0.6 is 0 Å². The molecule has 0 radical (unpaired) electrons. The molecule has 18 heavy (non-hydrogen) atoms. The molecule has 1 unspecified atom stereocenters. The Bertz CT molecular complexity index is 485. The van der Waals surface area contributed by atoms with Gasteiger partial charge >= 0.3 is 0 Å². The minimum absolute atomic E-state index is 0.484. The first-order chi connectivity index (χ1) is 8.79. The summed E-state index contributed by atoms with van der Waals surface area (Å²) < 4.78 is 5.14. The Morgan fingerprint density at radius 1 is 1.22 bits per heavy atom. The number of nitrogens with zero attached hydrogens (tertiary/aromatic N) is 1. The number of ether oxygens (including phenoxy) is 1. The van der Waals surface area contributed by atoms with Gasteiger partial charge in [0, 0.05) is 11.9 Å². The molecule has 3 nitrogen and oxygen atoms in total. The average Bonchev–Trinajstić information content (AvgIpc) is 2.46. The summed E-state index contributed by atoms with van der Waals surface area (Å²) in [4.78, 5) is 4.24. The van der Waals surface area contributed by atoms with Gasteiger partial charge in [-0.15, -0.1) is 0 Å². The van der Waals surface area contributed by atoms with Crippen molar-refractivity contribution in [2.45, 2.75) is 18.9 Å². The lowest BCUT2D eigenvalue weighted by Crippen LogP contribution is -2.01. The maximum atomic E-state index is 10.1. The minimum Gasteiger partial charge on any atom is -0.497 e. The molecular formula is C15H17NO2. The number of aliphatic hydroxyl groups excluding tert-OH is 1. The summed E-state index contributed by atoms with van der Waals surface area (Å²) >= 11 is 0. The Morgan fingerprint density at radius 2 is 2.11 bits per heavy atom. The molecule has 1 aromatic heterocycles. The van der Waals surface area contributed by atoms with E-state index in [0.717, 1.165) is 23.4 Å². The molecule has 2 aromatic rings. The number of methoxy groups -OCH3 is 1. The van der Waals surface area contributed by atoms with Crippen molar-refractivity contribution in [3.8, 4) is 5.75 Å². The second-order valence-electron chi connectivity index (χ2n) is 4.15. The first kappa shape index (κ1) is 12.6. The minimum atomic E-state index is -0.484. The number of aliphatic hydroxyl groups is 1. The van der Waals surface area contributed by atoms with E-state index < -0.39 is 6.10 Å². The van der Waals surface area contributed by atoms with Crippen molar-refractivity contribution in [3.63, 3.8) is 0 Å². The van der Waals surface area contributed by atoms with E-state index in [9.17, 15) is 5.11 Å². The molecule has 3 heteroatoms. The van der Waals surface area contributed by atoms with E-state index >= 15 is 0 Å². The van der Waals surface area contributed by atoms with E-state index in [1.807, 2.05) is 42.5 Å². The molecule has 0 saturated heterocycles. The number of hydrogen-bond donors (Lipinski definition) is 1. The number of pyridine rings is 1. The van der Waals surface area contributed by atoms with Gasteiger partial charge in [-0.2, -0.15) is 0 Å². The molecule has 1 aromatic carbocycles. The molecule has 0 aliphatic rings. The molecule has 2 rings (SSSR count). The number of rotatable bonds is 5. The number of benzene rings is 1. The Morgan fingerprint density at radius 3 is 2.83 bits per heavy atom. The van der Waals surface area contributed by atoms with Crippen LogP contribution in [0.5, 0.6) is 5.75 Å². The highest BCUT2D eigenvalue weighted by atomic mass is 16.5. The van der Waals surface area contributed by atoms with Crippen LogP contribution in [0.2, 0.25) is 0 Å². The summed E-state index contributed by atoms with van der Waals surface area (Å²) in [6.07, 6.45) is 2.71. The zero-order chi connectivity index (χ0) is 12.8. The van der Waals surface area contributed by atoms with Crippen molar-refractivity contribution in [1.29, 1.82) is 0 Å². The van der Waals surface area contributed by atoms with Crippen LogP contribution in [0.1, 0.15) is 23.8 Å². The fourth-order valence-corrected chi connectivity index (χ4v) is 1.85. The largest absolute Gasteiger partial charge is 0.497 e. The lowest BCUT2D eigenvalue weighted by Gasteiger charge is -2.11. The molecule has 94 valence electrons. The van der Waals surface area contributed by atoms with Gasteiger partial charge in [-0.3, -0.25) is 4.98 Å². The van der Waals surface area contributed by atoms with Gasteiger partial charge in [0.1, 0.15) is 5.75 Å². The lowest BCUT2D eigenvalue weighted by atomic mass is 10.0. The fourth-order valence-electron chi connectivity index (χ4n) is 1.85. The number of aromatic nitrogens is 1. The summed E-state index contributed by atoms with van der Waals surface area (Å²) in [5.41, 5.74) is 1.88. The van der Waals surface area contributed by atoms with Crippen LogP contribution in [0.3, 0.4) is 0 Å². The van der Waals surface area contributed by atoms with E-state index in [4.69, 9.17) is 4.74 Å². The van der Waals surface area contributed by atoms with Crippen molar-refractivity contribution < 1.29 is 9.84 Å². The van der Waals surface area contributed by atoms with Gasteiger partial charge in [-0.05, 0) is 42.7 Å². The monoisotopic (exact) mass is 243 g/mol. The standard InChI is InChI=1S/C15H17NO2/c1-18-14-7-4-5-12(11-14)15(17)9-8-13-6-2-3-10-16-13/h2-7,10-11,15,17H,8-9H2,1H3. The van der Waals surface area contributed by atoms with Crippen LogP contribution in [0.4, 0.5) is 0 Å². The fraction of sp³-hybridized carbons (Fsp3) is 0.267. The highest BCUT2D eigenvalue weighted by Crippen LogP contribution is 2.22. The van der Waals surface area contributed by atoms with Crippen LogP contribution < -0.4 is 4.74 Å².